The molecule has 1 atom stereocenters. The highest BCUT2D eigenvalue weighted by Gasteiger charge is 2.26. The third-order valence-electron chi connectivity index (χ3n) is 4.03. The van der Waals surface area contributed by atoms with Gasteiger partial charge in [0.25, 0.3) is 0 Å². The van der Waals surface area contributed by atoms with E-state index in [2.05, 4.69) is 21.0 Å². The first-order valence-electron chi connectivity index (χ1n) is 7.55. The molecule has 2 aromatic rings. The van der Waals surface area contributed by atoms with Crippen LogP contribution < -0.4 is 5.32 Å². The van der Waals surface area contributed by atoms with Gasteiger partial charge in [-0.15, -0.1) is 12.4 Å². The Labute approximate surface area is 152 Å². The maximum absolute atomic E-state index is 11.5. The molecule has 3 rings (SSSR count). The fourth-order valence-electron chi connectivity index (χ4n) is 2.86. The number of nitrogens with zero attached hydrogens (tertiary/aromatic N) is 1. The SMILES string of the molecule is COC(=O)c1ccc(CN2CCNCC2c2ccccc2Cl)o1.Cl. The van der Waals surface area contributed by atoms with E-state index >= 15 is 0 Å². The molecule has 0 amide bonds. The summed E-state index contributed by atoms with van der Waals surface area (Å²) in [6.45, 7) is 3.23. The van der Waals surface area contributed by atoms with Crippen LogP contribution in [0.25, 0.3) is 0 Å². The standard InChI is InChI=1S/C17H19ClN2O3.ClH/c1-22-17(21)16-7-6-12(23-16)11-20-9-8-19-10-15(20)13-4-2-3-5-14(13)18;/h2-7,15,19H,8-11H2,1H3;1H. The van der Waals surface area contributed by atoms with Crippen molar-refractivity contribution in [3.8, 4) is 0 Å². The molecule has 130 valence electrons. The molecule has 1 aromatic carbocycles. The minimum Gasteiger partial charge on any atom is -0.463 e. The zero-order valence-corrected chi connectivity index (χ0v) is 14.9. The average molecular weight is 371 g/mol. The maximum atomic E-state index is 11.5. The Morgan fingerprint density at radius 2 is 2.17 bits per heavy atom. The lowest BCUT2D eigenvalue weighted by Gasteiger charge is -2.36. The number of hydrogen-bond donors (Lipinski definition) is 1. The van der Waals surface area contributed by atoms with Gasteiger partial charge >= 0.3 is 5.97 Å². The Morgan fingerprint density at radius 3 is 2.92 bits per heavy atom. The Bertz CT molecular complexity index is 690. The molecule has 1 aliphatic heterocycles. The van der Waals surface area contributed by atoms with Crippen LogP contribution in [0.15, 0.2) is 40.8 Å². The topological polar surface area (TPSA) is 54.7 Å². The summed E-state index contributed by atoms with van der Waals surface area (Å²) in [5.74, 6) is 0.510. The van der Waals surface area contributed by atoms with Crippen molar-refractivity contribution in [2.24, 2.45) is 0 Å². The normalized spacial score (nSPS) is 18.0. The second kappa shape index (κ2) is 8.53. The number of hydrogen-bond acceptors (Lipinski definition) is 5. The fourth-order valence-corrected chi connectivity index (χ4v) is 3.12. The minimum absolute atomic E-state index is 0. The second-order valence-corrected chi connectivity index (χ2v) is 5.88. The van der Waals surface area contributed by atoms with Crippen LogP contribution in [0.2, 0.25) is 5.02 Å². The summed E-state index contributed by atoms with van der Waals surface area (Å²) in [4.78, 5) is 13.8. The Hall–Kier alpha value is -1.53. The first-order valence-corrected chi connectivity index (χ1v) is 7.93. The number of halogens is 2. The summed E-state index contributed by atoms with van der Waals surface area (Å²) in [5.41, 5.74) is 1.10. The van der Waals surface area contributed by atoms with Gasteiger partial charge in [0.15, 0.2) is 0 Å². The number of piperazine rings is 1. The molecule has 1 aromatic heterocycles. The van der Waals surface area contributed by atoms with E-state index in [-0.39, 0.29) is 24.2 Å². The van der Waals surface area contributed by atoms with Crippen LogP contribution in [0, 0.1) is 0 Å². The number of furan rings is 1. The predicted octanol–water partition coefficient (Wildman–Crippen LogP) is 3.29. The zero-order valence-electron chi connectivity index (χ0n) is 13.3. The number of esters is 1. The van der Waals surface area contributed by atoms with E-state index in [0.717, 1.165) is 36.0 Å². The third kappa shape index (κ3) is 4.11. The second-order valence-electron chi connectivity index (χ2n) is 5.47. The molecular formula is C17H20Cl2N2O3. The van der Waals surface area contributed by atoms with Gasteiger partial charge in [-0.25, -0.2) is 4.79 Å². The van der Waals surface area contributed by atoms with E-state index < -0.39 is 5.97 Å². The molecule has 1 unspecified atom stereocenters. The zero-order chi connectivity index (χ0) is 16.2. The summed E-state index contributed by atoms with van der Waals surface area (Å²) >= 11 is 6.35. The van der Waals surface area contributed by atoms with Gasteiger partial charge in [0.1, 0.15) is 5.76 Å². The van der Waals surface area contributed by atoms with Gasteiger partial charge in [-0.3, -0.25) is 4.90 Å². The van der Waals surface area contributed by atoms with Crippen molar-refractivity contribution in [1.29, 1.82) is 0 Å². The van der Waals surface area contributed by atoms with Gasteiger partial charge in [-0.1, -0.05) is 29.8 Å². The molecule has 0 saturated carbocycles. The van der Waals surface area contributed by atoms with Crippen molar-refractivity contribution < 1.29 is 13.9 Å². The van der Waals surface area contributed by atoms with E-state index in [9.17, 15) is 4.79 Å². The van der Waals surface area contributed by atoms with Crippen molar-refractivity contribution in [1.82, 2.24) is 10.2 Å². The number of rotatable bonds is 4. The van der Waals surface area contributed by atoms with E-state index in [1.54, 1.807) is 6.07 Å². The monoisotopic (exact) mass is 370 g/mol. The fraction of sp³-hybridized carbons (Fsp3) is 0.353. The van der Waals surface area contributed by atoms with Crippen LogP contribution in [0.4, 0.5) is 0 Å². The molecule has 0 bridgehead atoms. The molecule has 24 heavy (non-hydrogen) atoms. The van der Waals surface area contributed by atoms with E-state index in [0.29, 0.717) is 6.54 Å². The predicted molar refractivity (Wildman–Crippen MR) is 94.8 cm³/mol. The van der Waals surface area contributed by atoms with Crippen molar-refractivity contribution in [2.75, 3.05) is 26.7 Å². The van der Waals surface area contributed by atoms with E-state index in [4.69, 9.17) is 16.0 Å². The molecule has 0 aliphatic carbocycles. The lowest BCUT2D eigenvalue weighted by atomic mass is 10.0. The first kappa shape index (κ1) is 18.8. The van der Waals surface area contributed by atoms with Crippen LogP contribution in [0.3, 0.4) is 0 Å². The van der Waals surface area contributed by atoms with Gasteiger partial charge in [0.05, 0.1) is 13.7 Å². The number of methoxy groups -OCH3 is 1. The van der Waals surface area contributed by atoms with Crippen LogP contribution in [-0.2, 0) is 11.3 Å². The van der Waals surface area contributed by atoms with Crippen LogP contribution in [0.1, 0.15) is 27.9 Å². The number of ether oxygens (including phenoxy) is 1. The molecule has 1 fully saturated rings. The van der Waals surface area contributed by atoms with E-state index in [1.807, 2.05) is 24.3 Å². The molecule has 7 heteroatoms. The highest BCUT2D eigenvalue weighted by molar-refractivity contribution is 6.31. The Kier molecular flexibility index (Phi) is 6.69. The molecule has 1 aliphatic rings. The summed E-state index contributed by atoms with van der Waals surface area (Å²) in [5, 5.41) is 4.17. The quantitative estimate of drug-likeness (QED) is 0.836. The van der Waals surface area contributed by atoms with Crippen molar-refractivity contribution in [3.63, 3.8) is 0 Å². The van der Waals surface area contributed by atoms with Crippen LogP contribution in [-0.4, -0.2) is 37.6 Å². The van der Waals surface area contributed by atoms with Crippen molar-refractivity contribution >= 4 is 30.0 Å². The maximum Gasteiger partial charge on any atom is 0.373 e. The lowest BCUT2D eigenvalue weighted by Crippen LogP contribution is -2.45. The smallest absolute Gasteiger partial charge is 0.373 e. The van der Waals surface area contributed by atoms with Gasteiger partial charge in [-0.05, 0) is 23.8 Å². The summed E-state index contributed by atoms with van der Waals surface area (Å²) in [6.07, 6.45) is 0. The minimum atomic E-state index is -0.459. The number of carbonyl (C=O) groups excluding carboxylic acids is 1. The van der Waals surface area contributed by atoms with Crippen LogP contribution >= 0.6 is 24.0 Å². The molecule has 1 N–H and O–H groups in total. The third-order valence-corrected chi connectivity index (χ3v) is 4.37. The number of carbonyl (C=O) groups is 1. The molecular weight excluding hydrogens is 351 g/mol. The largest absolute Gasteiger partial charge is 0.463 e. The average Bonchev–Trinajstić information content (AvgIpc) is 3.04. The molecule has 0 spiro atoms. The van der Waals surface area contributed by atoms with Gasteiger partial charge in [0, 0.05) is 30.7 Å². The van der Waals surface area contributed by atoms with Crippen molar-refractivity contribution in [3.05, 3.63) is 58.5 Å². The van der Waals surface area contributed by atoms with Gasteiger partial charge < -0.3 is 14.5 Å². The summed E-state index contributed by atoms with van der Waals surface area (Å²) in [7, 11) is 1.34. The van der Waals surface area contributed by atoms with Gasteiger partial charge in [-0.2, -0.15) is 0 Å². The van der Waals surface area contributed by atoms with Gasteiger partial charge in [0.2, 0.25) is 5.76 Å². The highest BCUT2D eigenvalue weighted by atomic mass is 35.5. The molecule has 2 heterocycles. The Balaban J connectivity index is 0.00000208. The lowest BCUT2D eigenvalue weighted by molar-refractivity contribution is 0.0559. The molecule has 0 radical (unpaired) electrons. The van der Waals surface area contributed by atoms with Crippen molar-refractivity contribution in [2.45, 2.75) is 12.6 Å². The Morgan fingerprint density at radius 1 is 1.38 bits per heavy atom. The summed E-state index contributed by atoms with van der Waals surface area (Å²) < 4.78 is 10.3. The molecule has 5 nitrogen and oxygen atoms in total. The van der Waals surface area contributed by atoms with E-state index in [1.165, 1.54) is 7.11 Å². The summed E-state index contributed by atoms with van der Waals surface area (Å²) in [6, 6.07) is 11.5. The first-order chi connectivity index (χ1) is 11.2. The highest BCUT2D eigenvalue weighted by Crippen LogP contribution is 2.29. The number of benzene rings is 1. The van der Waals surface area contributed by atoms with Crippen LogP contribution in [0.5, 0.6) is 0 Å². The molecule has 1 saturated heterocycles. The number of nitrogens with one attached hydrogen (secondary N) is 1.